The average Bonchev–Trinajstić information content (AvgIpc) is 2.79. The van der Waals surface area contributed by atoms with Crippen molar-refractivity contribution in [1.29, 1.82) is 0 Å². The van der Waals surface area contributed by atoms with Gasteiger partial charge in [0, 0.05) is 12.3 Å². The number of hydrogen-bond acceptors (Lipinski definition) is 5. The lowest BCUT2D eigenvalue weighted by atomic mass is 10.00. The fraction of sp³-hybridized carbons (Fsp3) is 0.400. The van der Waals surface area contributed by atoms with Crippen LogP contribution in [0.15, 0.2) is 60.7 Å². The fourth-order valence-electron chi connectivity index (χ4n) is 3.87. The first-order valence-electron chi connectivity index (χ1n) is 10.9. The lowest BCUT2D eigenvalue weighted by Crippen LogP contribution is -2.66. The van der Waals surface area contributed by atoms with Crippen LogP contribution in [0.2, 0.25) is 0 Å². The molecule has 0 spiro atoms. The van der Waals surface area contributed by atoms with Crippen LogP contribution in [0.5, 0.6) is 0 Å². The largest absolute Gasteiger partial charge is 0.524 e. The third-order valence-corrected chi connectivity index (χ3v) is 5.32. The van der Waals surface area contributed by atoms with Crippen LogP contribution in [0.4, 0.5) is 4.79 Å². The zero-order valence-electron chi connectivity index (χ0n) is 18.8. The molecule has 0 aliphatic rings. The number of unbranched alkanes of at least 4 members (excludes halogenated alkanes) is 1. The van der Waals surface area contributed by atoms with E-state index in [1.165, 1.54) is 0 Å². The van der Waals surface area contributed by atoms with Crippen LogP contribution < -0.4 is 5.73 Å². The summed E-state index contributed by atoms with van der Waals surface area (Å²) in [4.78, 5) is 39.9. The molecule has 0 saturated heterocycles. The molecule has 7 heteroatoms. The third-order valence-electron chi connectivity index (χ3n) is 5.32. The Morgan fingerprint density at radius 3 is 2.09 bits per heavy atom. The van der Waals surface area contributed by atoms with Crippen LogP contribution in [-0.2, 0) is 16.1 Å². The molecule has 0 bridgehead atoms. The third kappa shape index (κ3) is 6.24. The highest BCUT2D eigenvalue weighted by Gasteiger charge is 2.56. The number of nitrogens with two attached hydrogens (primary N) is 1. The van der Waals surface area contributed by atoms with E-state index in [0.29, 0.717) is 19.4 Å². The molecule has 2 atom stereocenters. The molecule has 32 heavy (non-hydrogen) atoms. The van der Waals surface area contributed by atoms with Crippen LogP contribution in [-0.4, -0.2) is 46.7 Å². The molecule has 2 aromatic rings. The number of amides is 2. The van der Waals surface area contributed by atoms with Crippen molar-refractivity contribution < 1.29 is 28.7 Å². The van der Waals surface area contributed by atoms with Gasteiger partial charge in [-0.1, -0.05) is 62.4 Å². The van der Waals surface area contributed by atoms with Crippen LogP contribution in [0.1, 0.15) is 49.0 Å². The first-order chi connectivity index (χ1) is 15.3. The fourth-order valence-corrected chi connectivity index (χ4v) is 3.87. The number of nitrogens with zero attached hydrogens (tertiary/aromatic N) is 1. The molecule has 0 aromatic heterocycles. The predicted octanol–water partition coefficient (Wildman–Crippen LogP) is 4.22. The number of carbonyl (C=O) groups is 3. The topological polar surface area (TPSA) is 107 Å². The lowest BCUT2D eigenvalue weighted by molar-refractivity contribution is -0.798. The summed E-state index contributed by atoms with van der Waals surface area (Å²) in [5, 5.41) is 10.1. The summed E-state index contributed by atoms with van der Waals surface area (Å²) in [7, 11) is 0. The number of rotatable bonds is 11. The van der Waals surface area contributed by atoms with Gasteiger partial charge in [-0.05, 0) is 37.1 Å². The Bertz CT molecular complexity index is 886. The van der Waals surface area contributed by atoms with Crippen molar-refractivity contribution in [2.24, 2.45) is 11.7 Å². The van der Waals surface area contributed by atoms with Crippen molar-refractivity contribution in [3.63, 3.8) is 0 Å². The minimum atomic E-state index is -1.28. The van der Waals surface area contributed by atoms with Crippen LogP contribution in [0, 0.1) is 5.92 Å². The SMILES string of the molecule is CC(C)C[N+](C(=O)OCc1ccccc1)(C(=O)c1ccccc1)[C@@H](CCCCN)C(=O)O. The quantitative estimate of drug-likeness (QED) is 0.399. The number of imide groups is 1. The molecule has 0 radical (unpaired) electrons. The lowest BCUT2D eigenvalue weighted by Gasteiger charge is -2.37. The van der Waals surface area contributed by atoms with E-state index in [4.69, 9.17) is 10.5 Å². The highest BCUT2D eigenvalue weighted by molar-refractivity contribution is 5.96. The number of aliphatic carboxylic acids is 1. The smallest absolute Gasteiger partial charge is 0.477 e. The summed E-state index contributed by atoms with van der Waals surface area (Å²) in [5.74, 6) is -1.91. The Labute approximate surface area is 189 Å². The van der Waals surface area contributed by atoms with Gasteiger partial charge in [0.05, 0.1) is 12.1 Å². The van der Waals surface area contributed by atoms with E-state index in [0.717, 1.165) is 5.56 Å². The van der Waals surface area contributed by atoms with E-state index in [9.17, 15) is 19.5 Å². The van der Waals surface area contributed by atoms with E-state index in [2.05, 4.69) is 0 Å². The van der Waals surface area contributed by atoms with Crippen molar-refractivity contribution in [1.82, 2.24) is 0 Å². The van der Waals surface area contributed by atoms with E-state index in [1.54, 1.807) is 42.5 Å². The van der Waals surface area contributed by atoms with Crippen LogP contribution in [0.25, 0.3) is 0 Å². The normalized spacial score (nSPS) is 13.9. The molecule has 2 aromatic carbocycles. The summed E-state index contributed by atoms with van der Waals surface area (Å²) in [6, 6.07) is 16.2. The summed E-state index contributed by atoms with van der Waals surface area (Å²) in [6.07, 6.45) is 0.374. The number of carboxylic acid groups (broad SMARTS) is 1. The van der Waals surface area contributed by atoms with Crippen molar-refractivity contribution in [3.8, 4) is 0 Å². The maximum atomic E-state index is 13.8. The molecule has 0 saturated carbocycles. The zero-order chi connectivity index (χ0) is 23.6. The standard InChI is InChI=1S/C25H32N2O5/c1-19(2)17-27(22(24(29)30)15-9-10-16-26,23(28)21-13-7-4-8-14-21)25(31)32-18-20-11-5-3-6-12-20/h3-8,11-14,19,22H,9-10,15-18,26H2,1-2H3/p+1/t22-,27?/m0/s1. The maximum Gasteiger partial charge on any atom is 0.524 e. The van der Waals surface area contributed by atoms with Crippen molar-refractivity contribution in [2.75, 3.05) is 13.1 Å². The molecular weight excluding hydrogens is 408 g/mol. The molecule has 0 fully saturated rings. The Morgan fingerprint density at radius 1 is 0.969 bits per heavy atom. The first-order valence-corrected chi connectivity index (χ1v) is 10.9. The molecule has 2 amide bonds. The second-order valence-corrected chi connectivity index (χ2v) is 8.30. The summed E-state index contributed by atoms with van der Waals surface area (Å²) < 4.78 is 4.68. The maximum absolute atomic E-state index is 13.8. The summed E-state index contributed by atoms with van der Waals surface area (Å²) >= 11 is 0. The zero-order valence-corrected chi connectivity index (χ0v) is 18.8. The van der Waals surface area contributed by atoms with Gasteiger partial charge < -0.3 is 15.6 Å². The molecule has 1 unspecified atom stereocenters. The van der Waals surface area contributed by atoms with Gasteiger partial charge in [0.1, 0.15) is 6.61 Å². The van der Waals surface area contributed by atoms with E-state index >= 15 is 0 Å². The van der Waals surface area contributed by atoms with Crippen LogP contribution >= 0.6 is 0 Å². The van der Waals surface area contributed by atoms with Crippen LogP contribution in [0.3, 0.4) is 0 Å². The number of hydrogen-bond donors (Lipinski definition) is 2. The highest BCUT2D eigenvalue weighted by Crippen LogP contribution is 2.28. The molecule has 0 aliphatic carbocycles. The number of carbonyl (C=O) groups excluding carboxylic acids is 2. The van der Waals surface area contributed by atoms with Crippen molar-refractivity contribution in [3.05, 3.63) is 71.8 Å². The highest BCUT2D eigenvalue weighted by atomic mass is 16.6. The van der Waals surface area contributed by atoms with Gasteiger partial charge in [-0.25, -0.2) is 9.59 Å². The molecule has 0 heterocycles. The van der Waals surface area contributed by atoms with E-state index in [1.807, 2.05) is 32.0 Å². The molecule has 3 N–H and O–H groups in total. The minimum Gasteiger partial charge on any atom is -0.477 e. The Hall–Kier alpha value is -3.03. The summed E-state index contributed by atoms with van der Waals surface area (Å²) in [5.41, 5.74) is 6.62. The number of quaternary nitrogens is 1. The monoisotopic (exact) mass is 441 g/mol. The second kappa shape index (κ2) is 12.1. The molecular formula is C25H33N2O5+. The Balaban J connectivity index is 2.54. The molecule has 172 valence electrons. The minimum absolute atomic E-state index is 0.0148. The molecule has 0 aliphatic heterocycles. The van der Waals surface area contributed by atoms with Crippen molar-refractivity contribution >= 4 is 18.0 Å². The Kier molecular flexibility index (Phi) is 9.56. The number of ether oxygens (including phenoxy) is 1. The van der Waals surface area contributed by atoms with Gasteiger partial charge in [0.15, 0.2) is 0 Å². The van der Waals surface area contributed by atoms with Gasteiger partial charge >= 0.3 is 18.0 Å². The predicted molar refractivity (Wildman–Crippen MR) is 122 cm³/mol. The number of carboxylic acids is 1. The van der Waals surface area contributed by atoms with Gasteiger partial charge in [-0.15, -0.1) is 4.48 Å². The van der Waals surface area contributed by atoms with E-state index < -0.39 is 28.5 Å². The van der Waals surface area contributed by atoms with Gasteiger partial charge in [0.25, 0.3) is 0 Å². The summed E-state index contributed by atoms with van der Waals surface area (Å²) in [6.45, 7) is 4.08. The first kappa shape index (κ1) is 25.2. The second-order valence-electron chi connectivity index (χ2n) is 8.30. The number of benzene rings is 2. The van der Waals surface area contributed by atoms with E-state index in [-0.39, 0.29) is 31.1 Å². The molecule has 7 nitrogen and oxygen atoms in total. The van der Waals surface area contributed by atoms with Gasteiger partial charge in [-0.2, -0.15) is 4.79 Å². The molecule has 2 rings (SSSR count). The Morgan fingerprint density at radius 2 is 1.56 bits per heavy atom. The van der Waals surface area contributed by atoms with Crippen molar-refractivity contribution in [2.45, 2.75) is 45.8 Å². The van der Waals surface area contributed by atoms with Gasteiger partial charge in [-0.3, -0.25) is 0 Å². The van der Waals surface area contributed by atoms with Gasteiger partial charge in [0.2, 0.25) is 6.04 Å². The average molecular weight is 442 g/mol.